The van der Waals surface area contributed by atoms with Crippen molar-refractivity contribution in [2.24, 2.45) is 12.8 Å². The zero-order valence-electron chi connectivity index (χ0n) is 19.2. The van der Waals surface area contributed by atoms with E-state index in [0.717, 1.165) is 27.5 Å². The maximum absolute atomic E-state index is 14.7. The Bertz CT molecular complexity index is 1730. The molecule has 0 bridgehead atoms. The molecule has 37 heavy (non-hydrogen) atoms. The highest BCUT2D eigenvalue weighted by atomic mass is 19.4. The van der Waals surface area contributed by atoms with Crippen molar-refractivity contribution in [2.45, 2.75) is 18.3 Å². The van der Waals surface area contributed by atoms with Crippen molar-refractivity contribution in [3.05, 3.63) is 94.4 Å². The molecule has 5 rings (SSSR count). The SMILES string of the molecule is Cn1ccc2c(C(O)(c3ccc4c(cnn4-c4ccc(F)cc4)c3)C(F)(F)F)cn(CC(N)=O)c2c1=O. The highest BCUT2D eigenvalue weighted by Crippen LogP contribution is 2.47. The number of aromatic nitrogens is 4. The molecule has 0 aliphatic heterocycles. The molecule has 0 radical (unpaired) electrons. The van der Waals surface area contributed by atoms with Crippen LogP contribution in [0.25, 0.3) is 27.5 Å². The Kier molecular flexibility index (Phi) is 5.44. The van der Waals surface area contributed by atoms with Crippen molar-refractivity contribution >= 4 is 27.7 Å². The first-order valence-corrected chi connectivity index (χ1v) is 10.9. The van der Waals surface area contributed by atoms with E-state index in [2.05, 4.69) is 5.10 Å². The normalized spacial score (nSPS) is 13.8. The second-order valence-electron chi connectivity index (χ2n) is 8.65. The number of rotatable bonds is 5. The van der Waals surface area contributed by atoms with E-state index < -0.39 is 46.7 Å². The Morgan fingerprint density at radius 2 is 1.81 bits per heavy atom. The van der Waals surface area contributed by atoms with Gasteiger partial charge in [-0.25, -0.2) is 9.07 Å². The van der Waals surface area contributed by atoms with Gasteiger partial charge in [0.15, 0.2) is 0 Å². The first-order chi connectivity index (χ1) is 17.4. The lowest BCUT2D eigenvalue weighted by Gasteiger charge is -2.31. The van der Waals surface area contributed by atoms with Crippen LogP contribution in [0.1, 0.15) is 11.1 Å². The van der Waals surface area contributed by atoms with Gasteiger partial charge in [0, 0.05) is 35.8 Å². The fraction of sp³-hybridized carbons (Fsp3) is 0.160. The molecule has 0 saturated carbocycles. The Labute approximate surface area is 205 Å². The molecule has 3 N–H and O–H groups in total. The van der Waals surface area contributed by atoms with Crippen molar-refractivity contribution in [1.29, 1.82) is 0 Å². The predicted molar refractivity (Wildman–Crippen MR) is 126 cm³/mol. The molecule has 5 aromatic rings. The van der Waals surface area contributed by atoms with Gasteiger partial charge in [0.25, 0.3) is 5.56 Å². The fourth-order valence-corrected chi connectivity index (χ4v) is 4.50. The van der Waals surface area contributed by atoms with E-state index in [-0.39, 0.29) is 16.3 Å². The highest BCUT2D eigenvalue weighted by molar-refractivity contribution is 5.87. The molecule has 2 aromatic carbocycles. The lowest BCUT2D eigenvalue weighted by atomic mass is 9.85. The molecule has 3 heterocycles. The maximum Gasteiger partial charge on any atom is 0.425 e. The lowest BCUT2D eigenvalue weighted by molar-refractivity contribution is -0.247. The van der Waals surface area contributed by atoms with E-state index in [1.54, 1.807) is 0 Å². The number of primary amides is 1. The minimum Gasteiger partial charge on any atom is -0.372 e. The average Bonchev–Trinajstić information content (AvgIpc) is 3.42. The summed E-state index contributed by atoms with van der Waals surface area (Å²) in [5, 5.41) is 15.7. The number of hydrogen-bond acceptors (Lipinski definition) is 4. The van der Waals surface area contributed by atoms with Gasteiger partial charge in [-0.1, -0.05) is 6.07 Å². The minimum absolute atomic E-state index is 0.175. The van der Waals surface area contributed by atoms with Gasteiger partial charge in [-0.3, -0.25) is 9.59 Å². The summed E-state index contributed by atoms with van der Waals surface area (Å²) in [7, 11) is 1.41. The Morgan fingerprint density at radius 1 is 1.11 bits per heavy atom. The van der Waals surface area contributed by atoms with Crippen LogP contribution in [-0.2, 0) is 24.0 Å². The molecule has 0 aliphatic rings. The highest BCUT2D eigenvalue weighted by Gasteiger charge is 2.57. The molecule has 0 saturated heterocycles. The van der Waals surface area contributed by atoms with Gasteiger partial charge >= 0.3 is 6.18 Å². The summed E-state index contributed by atoms with van der Waals surface area (Å²) in [5.74, 6) is -1.33. The number of carbonyl (C=O) groups excluding carboxylic acids is 1. The van der Waals surface area contributed by atoms with E-state index in [4.69, 9.17) is 5.73 Å². The molecule has 3 aromatic heterocycles. The maximum atomic E-state index is 14.7. The van der Waals surface area contributed by atoms with Gasteiger partial charge in [0.2, 0.25) is 11.5 Å². The largest absolute Gasteiger partial charge is 0.425 e. The predicted octanol–water partition coefficient (Wildman–Crippen LogP) is 3.10. The van der Waals surface area contributed by atoms with Crippen molar-refractivity contribution in [3.63, 3.8) is 0 Å². The molecule has 0 fully saturated rings. The number of aliphatic hydroxyl groups is 1. The summed E-state index contributed by atoms with van der Waals surface area (Å²) in [5.41, 5.74) is 0.603. The zero-order chi connectivity index (χ0) is 26.7. The van der Waals surface area contributed by atoms with Crippen molar-refractivity contribution in [2.75, 3.05) is 0 Å². The van der Waals surface area contributed by atoms with Crippen LogP contribution in [0, 0.1) is 5.82 Å². The summed E-state index contributed by atoms with van der Waals surface area (Å²) >= 11 is 0. The third-order valence-corrected chi connectivity index (χ3v) is 6.29. The summed E-state index contributed by atoms with van der Waals surface area (Å²) < 4.78 is 60.9. The van der Waals surface area contributed by atoms with E-state index >= 15 is 0 Å². The van der Waals surface area contributed by atoms with Gasteiger partial charge in [0.1, 0.15) is 17.9 Å². The Balaban J connectivity index is 1.74. The fourth-order valence-electron chi connectivity index (χ4n) is 4.50. The number of carbonyl (C=O) groups is 1. The molecular formula is C25H19F4N5O3. The monoisotopic (exact) mass is 513 g/mol. The van der Waals surface area contributed by atoms with Gasteiger partial charge in [-0.2, -0.15) is 18.3 Å². The second kappa shape index (κ2) is 8.30. The number of amides is 1. The quantitative estimate of drug-likeness (QED) is 0.352. The topological polar surface area (TPSA) is 108 Å². The molecule has 1 unspecified atom stereocenters. The number of fused-ring (bicyclic) bond motifs is 2. The first-order valence-electron chi connectivity index (χ1n) is 10.9. The Hall–Kier alpha value is -4.45. The van der Waals surface area contributed by atoms with Crippen molar-refractivity contribution < 1.29 is 27.5 Å². The number of alkyl halides is 3. The molecular weight excluding hydrogens is 494 g/mol. The zero-order valence-corrected chi connectivity index (χ0v) is 19.2. The summed E-state index contributed by atoms with van der Waals surface area (Å²) in [6.07, 6.45) is -1.70. The van der Waals surface area contributed by atoms with Crippen LogP contribution in [0.3, 0.4) is 0 Å². The number of benzene rings is 2. The standard InChI is InChI=1S/C25H19F4N5O3/c1-32-9-8-18-19(12-33(13-21(30)35)22(18)23(32)36)24(37,25(27,28)29)15-2-7-20-14(10-15)11-31-34(20)17-5-3-16(26)4-6-17/h2-12,37H,13H2,1H3,(H2,30,35). The van der Waals surface area contributed by atoms with E-state index in [0.29, 0.717) is 11.2 Å². The molecule has 0 aliphatic carbocycles. The summed E-state index contributed by atoms with van der Waals surface area (Å²) in [6.45, 7) is -0.562. The van der Waals surface area contributed by atoms with Crippen molar-refractivity contribution in [3.8, 4) is 5.69 Å². The summed E-state index contributed by atoms with van der Waals surface area (Å²) in [6, 6.07) is 10.3. The van der Waals surface area contributed by atoms with Gasteiger partial charge in [-0.05, 0) is 48.0 Å². The van der Waals surface area contributed by atoms with Crippen molar-refractivity contribution in [1.82, 2.24) is 18.9 Å². The third kappa shape index (κ3) is 3.76. The third-order valence-electron chi connectivity index (χ3n) is 6.29. The minimum atomic E-state index is -5.22. The number of hydrogen-bond donors (Lipinski definition) is 2. The molecule has 1 atom stereocenters. The van der Waals surface area contributed by atoms with Crippen LogP contribution in [0.2, 0.25) is 0 Å². The number of aryl methyl sites for hydroxylation is 1. The van der Waals surface area contributed by atoms with Crippen LogP contribution < -0.4 is 11.3 Å². The van der Waals surface area contributed by atoms with Crippen LogP contribution in [0.5, 0.6) is 0 Å². The molecule has 8 nitrogen and oxygen atoms in total. The first kappa shape index (κ1) is 24.3. The molecule has 190 valence electrons. The molecule has 12 heteroatoms. The lowest BCUT2D eigenvalue weighted by Crippen LogP contribution is -2.43. The van der Waals surface area contributed by atoms with Gasteiger partial charge in [0.05, 0.1) is 17.4 Å². The van der Waals surface area contributed by atoms with E-state index in [9.17, 15) is 32.3 Å². The molecule has 0 spiro atoms. The summed E-state index contributed by atoms with van der Waals surface area (Å²) in [4.78, 5) is 24.4. The van der Waals surface area contributed by atoms with Crippen LogP contribution in [0.15, 0.2) is 71.9 Å². The van der Waals surface area contributed by atoms with E-state index in [1.807, 2.05) is 0 Å². The average molecular weight is 513 g/mol. The number of nitrogens with zero attached hydrogens (tertiary/aromatic N) is 4. The van der Waals surface area contributed by atoms with Gasteiger partial charge in [-0.15, -0.1) is 0 Å². The van der Waals surface area contributed by atoms with Gasteiger partial charge < -0.3 is 20.0 Å². The van der Waals surface area contributed by atoms with Crippen LogP contribution in [-0.4, -0.2) is 36.1 Å². The smallest absolute Gasteiger partial charge is 0.372 e. The number of nitrogens with two attached hydrogens (primary N) is 1. The number of pyridine rings is 1. The number of halogens is 4. The van der Waals surface area contributed by atoms with E-state index in [1.165, 1.54) is 60.5 Å². The Morgan fingerprint density at radius 3 is 2.46 bits per heavy atom. The molecule has 1 amide bonds. The second-order valence-corrected chi connectivity index (χ2v) is 8.65. The van der Waals surface area contributed by atoms with Crippen LogP contribution >= 0.6 is 0 Å². The van der Waals surface area contributed by atoms with Crippen LogP contribution in [0.4, 0.5) is 17.6 Å².